The SMILES string of the molecule is C1=CCC(N(C2=CC3C(C=C2)C2C=CCCC2C32C3C=CC=C(N(C4=CCCCC4)C4CCCC5=C4CCC=C5)C3C3C=CCCC32)C2Cc3ccccc3-c3ccccc32)C=C1. The lowest BCUT2D eigenvalue weighted by atomic mass is 9.55. The zero-order chi connectivity index (χ0) is 41.5. The van der Waals surface area contributed by atoms with E-state index in [4.69, 9.17) is 0 Å². The molecule has 12 atom stereocenters. The fourth-order valence-electron chi connectivity index (χ4n) is 16.5. The molecule has 2 heteroatoms. The normalized spacial score (nSPS) is 37.5. The van der Waals surface area contributed by atoms with Gasteiger partial charge in [0, 0.05) is 23.0 Å². The van der Waals surface area contributed by atoms with Gasteiger partial charge in [-0.05, 0) is 189 Å². The average molecular weight is 827 g/mol. The molecule has 2 aromatic carbocycles. The van der Waals surface area contributed by atoms with Crippen LogP contribution in [0.5, 0.6) is 0 Å². The van der Waals surface area contributed by atoms with E-state index in [-0.39, 0.29) is 11.5 Å². The second-order valence-electron chi connectivity index (χ2n) is 21.2. The molecule has 63 heavy (non-hydrogen) atoms. The van der Waals surface area contributed by atoms with Crippen molar-refractivity contribution < 1.29 is 0 Å². The number of rotatable bonds is 6. The minimum Gasteiger partial charge on any atom is -0.358 e. The summed E-state index contributed by atoms with van der Waals surface area (Å²) in [6, 6.07) is 19.7. The molecule has 0 N–H and O–H groups in total. The zero-order valence-corrected chi connectivity index (χ0v) is 37.3. The zero-order valence-electron chi connectivity index (χ0n) is 37.3. The molecule has 320 valence electrons. The quantitative estimate of drug-likeness (QED) is 0.268. The van der Waals surface area contributed by atoms with Crippen LogP contribution in [0.3, 0.4) is 0 Å². The molecule has 11 aliphatic carbocycles. The van der Waals surface area contributed by atoms with Crippen molar-refractivity contribution in [2.45, 2.75) is 114 Å². The van der Waals surface area contributed by atoms with E-state index < -0.39 is 0 Å². The molecule has 0 saturated heterocycles. The first-order valence-corrected chi connectivity index (χ1v) is 25.6. The number of benzene rings is 2. The van der Waals surface area contributed by atoms with Gasteiger partial charge in [0.25, 0.3) is 0 Å². The summed E-state index contributed by atoms with van der Waals surface area (Å²) < 4.78 is 0. The van der Waals surface area contributed by atoms with Crippen LogP contribution in [-0.4, -0.2) is 21.9 Å². The predicted molar refractivity (Wildman–Crippen MR) is 260 cm³/mol. The second kappa shape index (κ2) is 15.7. The van der Waals surface area contributed by atoms with Crippen LogP contribution in [0.2, 0.25) is 0 Å². The van der Waals surface area contributed by atoms with Crippen LogP contribution in [-0.2, 0) is 6.42 Å². The molecule has 2 fully saturated rings. The summed E-state index contributed by atoms with van der Waals surface area (Å²) in [4.78, 5) is 5.95. The van der Waals surface area contributed by atoms with Gasteiger partial charge < -0.3 is 9.80 Å². The Labute approximate surface area is 377 Å². The van der Waals surface area contributed by atoms with Gasteiger partial charge in [0.2, 0.25) is 0 Å². The maximum absolute atomic E-state index is 3.04. The molecular formula is C61H66N2. The van der Waals surface area contributed by atoms with E-state index in [2.05, 4.69) is 162 Å². The summed E-state index contributed by atoms with van der Waals surface area (Å²) in [5.74, 6) is 4.64. The highest BCUT2D eigenvalue weighted by molar-refractivity contribution is 5.74. The lowest BCUT2D eigenvalue weighted by Crippen LogP contribution is -2.46. The van der Waals surface area contributed by atoms with Crippen molar-refractivity contribution in [2.24, 2.45) is 52.8 Å². The van der Waals surface area contributed by atoms with Crippen molar-refractivity contribution >= 4 is 0 Å². The summed E-state index contributed by atoms with van der Waals surface area (Å²) in [7, 11) is 0. The number of hydrogen-bond donors (Lipinski definition) is 0. The summed E-state index contributed by atoms with van der Waals surface area (Å²) in [6.45, 7) is 0. The van der Waals surface area contributed by atoms with Crippen molar-refractivity contribution in [1.82, 2.24) is 9.80 Å². The molecule has 2 saturated carbocycles. The Morgan fingerprint density at radius 1 is 0.603 bits per heavy atom. The molecule has 12 unspecified atom stereocenters. The van der Waals surface area contributed by atoms with E-state index in [1.54, 1.807) is 22.5 Å². The highest BCUT2D eigenvalue weighted by atomic mass is 15.2. The van der Waals surface area contributed by atoms with E-state index in [9.17, 15) is 0 Å². The maximum Gasteiger partial charge on any atom is 0.0595 e. The van der Waals surface area contributed by atoms with Gasteiger partial charge in [-0.25, -0.2) is 0 Å². The molecule has 0 heterocycles. The van der Waals surface area contributed by atoms with Gasteiger partial charge in [-0.2, -0.15) is 0 Å². The molecule has 2 aromatic rings. The van der Waals surface area contributed by atoms with Crippen LogP contribution in [0.15, 0.2) is 180 Å². The number of allylic oxidation sites excluding steroid dienone is 18. The molecule has 0 aromatic heterocycles. The second-order valence-corrected chi connectivity index (χ2v) is 21.2. The summed E-state index contributed by atoms with van der Waals surface area (Å²) in [6.07, 6.45) is 62.9. The topological polar surface area (TPSA) is 6.48 Å². The van der Waals surface area contributed by atoms with Crippen LogP contribution in [0.1, 0.15) is 107 Å². The minimum absolute atomic E-state index is 0.203. The third kappa shape index (κ3) is 5.94. The Hall–Kier alpha value is -4.82. The van der Waals surface area contributed by atoms with Crippen molar-refractivity contribution in [2.75, 3.05) is 0 Å². The Morgan fingerprint density at radius 2 is 1.46 bits per heavy atom. The lowest BCUT2D eigenvalue weighted by Gasteiger charge is -2.50. The van der Waals surface area contributed by atoms with Crippen LogP contribution in [0.25, 0.3) is 11.1 Å². The van der Waals surface area contributed by atoms with Crippen molar-refractivity contribution in [1.29, 1.82) is 0 Å². The van der Waals surface area contributed by atoms with E-state index >= 15 is 0 Å². The summed E-state index contributed by atoms with van der Waals surface area (Å²) in [5, 5.41) is 0. The van der Waals surface area contributed by atoms with Gasteiger partial charge in [-0.3, -0.25) is 0 Å². The van der Waals surface area contributed by atoms with Gasteiger partial charge in [0.05, 0.1) is 18.1 Å². The standard InChI is InChI=1S/C61H66N2/c1-3-22-43(23-4-1)62(59-39-42-20-8-9-26-46(42)48-28-11-12-30-51(48)59)45-37-38-50-49-29-13-15-32-53(49)61(56(50)40-45)54-33-16-14-31-52(54)60-55(61)34-18-36-58(60)63(44-24-5-2-6-25-44)57-35-17-21-41-19-7-10-27-47(41)57/h1,3-4,7-9,11-14,18-20,22,24,26,28-31,34,36-38,40,43,49-50,52-57,59-60H,2,5-6,10,15-17,21,23,25,27,32-33,35,39H2. The molecule has 0 radical (unpaired) electrons. The van der Waals surface area contributed by atoms with E-state index in [0.29, 0.717) is 59.4 Å². The van der Waals surface area contributed by atoms with Crippen molar-refractivity contribution in [3.05, 3.63) is 191 Å². The van der Waals surface area contributed by atoms with Gasteiger partial charge >= 0.3 is 0 Å². The highest BCUT2D eigenvalue weighted by Crippen LogP contribution is 2.75. The molecular weight excluding hydrogens is 761 g/mol. The third-order valence-electron chi connectivity index (χ3n) is 18.6. The van der Waals surface area contributed by atoms with Gasteiger partial charge in [0.15, 0.2) is 0 Å². The number of nitrogens with zero attached hydrogens (tertiary/aromatic N) is 2. The van der Waals surface area contributed by atoms with Crippen LogP contribution >= 0.6 is 0 Å². The van der Waals surface area contributed by atoms with Crippen LogP contribution < -0.4 is 0 Å². The number of fused-ring (bicyclic) bond motifs is 13. The third-order valence-corrected chi connectivity index (χ3v) is 18.6. The Kier molecular flexibility index (Phi) is 9.63. The fourth-order valence-corrected chi connectivity index (χ4v) is 16.5. The molecule has 0 bridgehead atoms. The molecule has 0 amide bonds. The largest absolute Gasteiger partial charge is 0.358 e. The first-order chi connectivity index (χ1) is 31.3. The summed E-state index contributed by atoms with van der Waals surface area (Å²) in [5.41, 5.74) is 14.3. The minimum atomic E-state index is 0.203. The van der Waals surface area contributed by atoms with E-state index in [0.717, 1.165) is 12.8 Å². The van der Waals surface area contributed by atoms with Gasteiger partial charge in [-0.15, -0.1) is 0 Å². The Morgan fingerprint density at radius 3 is 2.33 bits per heavy atom. The average Bonchev–Trinajstić information content (AvgIpc) is 3.82. The Bertz CT molecular complexity index is 2510. The number of hydrogen-bond acceptors (Lipinski definition) is 2. The summed E-state index contributed by atoms with van der Waals surface area (Å²) >= 11 is 0. The fraction of sp³-hybridized carbons (Fsp3) is 0.443. The van der Waals surface area contributed by atoms with Crippen molar-refractivity contribution in [3.8, 4) is 11.1 Å². The predicted octanol–water partition coefficient (Wildman–Crippen LogP) is 14.6. The van der Waals surface area contributed by atoms with Gasteiger partial charge in [0.1, 0.15) is 0 Å². The lowest BCUT2D eigenvalue weighted by molar-refractivity contribution is 0.0295. The van der Waals surface area contributed by atoms with Crippen molar-refractivity contribution in [3.63, 3.8) is 0 Å². The van der Waals surface area contributed by atoms with Gasteiger partial charge in [-0.1, -0.05) is 140 Å². The van der Waals surface area contributed by atoms with E-state index in [1.165, 1.54) is 111 Å². The molecule has 11 aliphatic rings. The highest BCUT2D eigenvalue weighted by Gasteiger charge is 2.71. The molecule has 2 nitrogen and oxygen atoms in total. The monoisotopic (exact) mass is 827 g/mol. The smallest absolute Gasteiger partial charge is 0.0595 e. The first kappa shape index (κ1) is 38.6. The molecule has 1 spiro atoms. The van der Waals surface area contributed by atoms with Crippen LogP contribution in [0, 0.1) is 52.8 Å². The molecule has 13 rings (SSSR count). The first-order valence-electron chi connectivity index (χ1n) is 25.6. The van der Waals surface area contributed by atoms with E-state index in [1.807, 2.05) is 0 Å². The molecule has 0 aliphatic heterocycles. The van der Waals surface area contributed by atoms with Crippen LogP contribution in [0.4, 0.5) is 0 Å². The Balaban J connectivity index is 0.962. The maximum atomic E-state index is 3.04.